The Morgan fingerprint density at radius 2 is 2.12 bits per heavy atom. The van der Waals surface area contributed by atoms with Crippen molar-refractivity contribution in [2.75, 3.05) is 7.11 Å². The summed E-state index contributed by atoms with van der Waals surface area (Å²) < 4.78 is 6.68. The summed E-state index contributed by atoms with van der Waals surface area (Å²) in [5.74, 6) is 0.648. The van der Waals surface area contributed by atoms with Crippen LogP contribution in [0, 0.1) is 0 Å². The van der Waals surface area contributed by atoms with Crippen LogP contribution in [-0.4, -0.2) is 22.5 Å². The number of hydrogen-bond acceptors (Lipinski definition) is 3. The largest absolute Gasteiger partial charge is 0.465 e. The van der Waals surface area contributed by atoms with Gasteiger partial charge in [-0.25, -0.2) is 9.78 Å². The fourth-order valence-electron chi connectivity index (χ4n) is 1.80. The van der Waals surface area contributed by atoms with Gasteiger partial charge in [0.15, 0.2) is 0 Å². The van der Waals surface area contributed by atoms with Crippen LogP contribution in [0.3, 0.4) is 0 Å². The first kappa shape index (κ1) is 11.6. The molecule has 2 rings (SSSR count). The molecule has 0 bridgehead atoms. The van der Waals surface area contributed by atoms with Crippen molar-refractivity contribution in [3.63, 3.8) is 0 Å². The zero-order valence-corrected chi connectivity index (χ0v) is 10.5. The molecule has 0 aliphatic rings. The minimum Gasteiger partial charge on any atom is -0.465 e. The number of hydrogen-bond donors (Lipinski definition) is 0. The predicted molar refractivity (Wildman–Crippen MR) is 65.2 cm³/mol. The van der Waals surface area contributed by atoms with E-state index in [1.54, 1.807) is 18.3 Å². The van der Waals surface area contributed by atoms with Crippen LogP contribution in [0.1, 0.15) is 37.0 Å². The maximum Gasteiger partial charge on any atom is 0.337 e. The van der Waals surface area contributed by atoms with E-state index in [-0.39, 0.29) is 11.4 Å². The van der Waals surface area contributed by atoms with E-state index >= 15 is 0 Å². The molecule has 0 fully saturated rings. The molecule has 90 valence electrons. The number of fused-ring (bicyclic) bond motifs is 1. The van der Waals surface area contributed by atoms with E-state index in [1.807, 2.05) is 10.6 Å². The minimum atomic E-state index is -0.328. The zero-order chi connectivity index (χ0) is 12.6. The second-order valence-corrected chi connectivity index (χ2v) is 5.03. The quantitative estimate of drug-likeness (QED) is 0.709. The van der Waals surface area contributed by atoms with Crippen LogP contribution in [-0.2, 0) is 10.2 Å². The van der Waals surface area contributed by atoms with Gasteiger partial charge in [-0.05, 0) is 12.1 Å². The highest BCUT2D eigenvalue weighted by atomic mass is 16.5. The Labute approximate surface area is 100 Å². The lowest BCUT2D eigenvalue weighted by Crippen LogP contribution is -2.15. The van der Waals surface area contributed by atoms with Crippen LogP contribution >= 0.6 is 0 Å². The average molecular weight is 232 g/mol. The van der Waals surface area contributed by atoms with Crippen molar-refractivity contribution in [2.24, 2.45) is 0 Å². The number of rotatable bonds is 1. The molecule has 0 aliphatic carbocycles. The van der Waals surface area contributed by atoms with Gasteiger partial charge in [0.05, 0.1) is 24.4 Å². The number of carbonyl (C=O) groups excluding carboxylic acids is 1. The first-order chi connectivity index (χ1) is 7.93. The molecule has 0 saturated carbocycles. The fourth-order valence-corrected chi connectivity index (χ4v) is 1.80. The van der Waals surface area contributed by atoms with E-state index in [4.69, 9.17) is 4.74 Å². The lowest BCUT2D eigenvalue weighted by atomic mass is 9.96. The molecular formula is C13H16N2O2. The third-order valence-electron chi connectivity index (χ3n) is 2.62. The fraction of sp³-hybridized carbons (Fsp3) is 0.385. The summed E-state index contributed by atoms with van der Waals surface area (Å²) in [5.41, 5.74) is 1.41. The Kier molecular flexibility index (Phi) is 2.65. The maximum absolute atomic E-state index is 11.4. The van der Waals surface area contributed by atoms with E-state index in [0.29, 0.717) is 5.56 Å². The van der Waals surface area contributed by atoms with E-state index in [2.05, 4.69) is 25.8 Å². The van der Waals surface area contributed by atoms with Gasteiger partial charge in [-0.1, -0.05) is 20.8 Å². The third kappa shape index (κ3) is 2.02. The van der Waals surface area contributed by atoms with Crippen molar-refractivity contribution >= 4 is 11.5 Å². The number of imidazole rings is 1. The maximum atomic E-state index is 11.4. The van der Waals surface area contributed by atoms with Crippen LogP contribution in [0.5, 0.6) is 0 Å². The Bertz CT molecular complexity index is 564. The number of esters is 1. The Morgan fingerprint density at radius 1 is 1.41 bits per heavy atom. The van der Waals surface area contributed by atoms with Gasteiger partial charge in [-0.2, -0.15) is 0 Å². The number of ether oxygens (including phenoxy) is 1. The van der Waals surface area contributed by atoms with Crippen molar-refractivity contribution in [1.29, 1.82) is 0 Å². The SMILES string of the molecule is COC(=O)c1ccn2c(C(C)(C)C)ncc2c1. The van der Waals surface area contributed by atoms with E-state index in [9.17, 15) is 4.79 Å². The number of pyridine rings is 1. The van der Waals surface area contributed by atoms with Crippen LogP contribution < -0.4 is 0 Å². The van der Waals surface area contributed by atoms with Crippen molar-refractivity contribution in [3.05, 3.63) is 35.9 Å². The highest BCUT2D eigenvalue weighted by Gasteiger charge is 2.19. The topological polar surface area (TPSA) is 43.6 Å². The molecular weight excluding hydrogens is 216 g/mol. The molecule has 0 N–H and O–H groups in total. The number of nitrogens with zero attached hydrogens (tertiary/aromatic N) is 2. The summed E-state index contributed by atoms with van der Waals surface area (Å²) in [7, 11) is 1.38. The summed E-state index contributed by atoms with van der Waals surface area (Å²) in [6.07, 6.45) is 3.63. The van der Waals surface area contributed by atoms with Crippen LogP contribution in [0.25, 0.3) is 5.52 Å². The van der Waals surface area contributed by atoms with Crippen LogP contribution in [0.2, 0.25) is 0 Å². The van der Waals surface area contributed by atoms with Crippen molar-refractivity contribution in [1.82, 2.24) is 9.38 Å². The van der Waals surface area contributed by atoms with Crippen molar-refractivity contribution < 1.29 is 9.53 Å². The molecule has 0 aromatic carbocycles. The monoisotopic (exact) mass is 232 g/mol. The van der Waals surface area contributed by atoms with Crippen LogP contribution in [0.4, 0.5) is 0 Å². The number of carbonyl (C=O) groups is 1. The van der Waals surface area contributed by atoms with Gasteiger partial charge in [0, 0.05) is 11.6 Å². The standard InChI is InChI=1S/C13H16N2O2/c1-13(2,3)12-14-8-10-7-9(11(16)17-4)5-6-15(10)12/h5-8H,1-4H3. The van der Waals surface area contributed by atoms with E-state index in [0.717, 1.165) is 11.3 Å². The molecule has 0 amide bonds. The van der Waals surface area contributed by atoms with Crippen molar-refractivity contribution in [3.8, 4) is 0 Å². The summed E-state index contributed by atoms with van der Waals surface area (Å²) >= 11 is 0. The second kappa shape index (κ2) is 3.87. The Hall–Kier alpha value is -1.84. The van der Waals surface area contributed by atoms with Gasteiger partial charge in [-0.15, -0.1) is 0 Å². The minimum absolute atomic E-state index is 0.0286. The highest BCUT2D eigenvalue weighted by Crippen LogP contribution is 2.22. The first-order valence-electron chi connectivity index (χ1n) is 5.49. The van der Waals surface area contributed by atoms with Gasteiger partial charge in [0.2, 0.25) is 0 Å². The average Bonchev–Trinajstić information content (AvgIpc) is 2.70. The molecule has 0 saturated heterocycles. The molecule has 0 unspecified atom stereocenters. The number of methoxy groups -OCH3 is 1. The zero-order valence-electron chi connectivity index (χ0n) is 10.5. The molecule has 2 aromatic rings. The van der Waals surface area contributed by atoms with Crippen LogP contribution in [0.15, 0.2) is 24.5 Å². The smallest absolute Gasteiger partial charge is 0.337 e. The third-order valence-corrected chi connectivity index (χ3v) is 2.62. The van der Waals surface area contributed by atoms with Gasteiger partial charge in [0.1, 0.15) is 5.82 Å². The van der Waals surface area contributed by atoms with E-state index in [1.165, 1.54) is 7.11 Å². The molecule has 0 spiro atoms. The van der Waals surface area contributed by atoms with Gasteiger partial charge in [0.25, 0.3) is 0 Å². The normalized spacial score (nSPS) is 11.8. The molecule has 17 heavy (non-hydrogen) atoms. The molecule has 4 nitrogen and oxygen atoms in total. The highest BCUT2D eigenvalue weighted by molar-refractivity contribution is 5.90. The molecule has 2 aromatic heterocycles. The van der Waals surface area contributed by atoms with E-state index < -0.39 is 0 Å². The Morgan fingerprint density at radius 3 is 2.71 bits per heavy atom. The summed E-state index contributed by atoms with van der Waals surface area (Å²) in [5, 5.41) is 0. The molecule has 4 heteroatoms. The summed E-state index contributed by atoms with van der Waals surface area (Å²) in [4.78, 5) is 15.8. The van der Waals surface area contributed by atoms with Crippen molar-refractivity contribution in [2.45, 2.75) is 26.2 Å². The second-order valence-electron chi connectivity index (χ2n) is 5.03. The molecule has 0 aliphatic heterocycles. The summed E-state index contributed by atoms with van der Waals surface area (Å²) in [6, 6.07) is 3.53. The molecule has 2 heterocycles. The first-order valence-corrected chi connectivity index (χ1v) is 5.49. The predicted octanol–water partition coefficient (Wildman–Crippen LogP) is 2.42. The lowest BCUT2D eigenvalue weighted by molar-refractivity contribution is 0.0600. The van der Waals surface area contributed by atoms with Gasteiger partial charge in [-0.3, -0.25) is 0 Å². The molecule has 0 radical (unpaired) electrons. The van der Waals surface area contributed by atoms with Gasteiger partial charge < -0.3 is 9.14 Å². The summed E-state index contributed by atoms with van der Waals surface area (Å²) in [6.45, 7) is 6.32. The number of aromatic nitrogens is 2. The van der Waals surface area contributed by atoms with Gasteiger partial charge >= 0.3 is 5.97 Å². The lowest BCUT2D eigenvalue weighted by Gasteiger charge is -2.16. The molecule has 0 atom stereocenters. The Balaban J connectivity index is 2.56.